The lowest BCUT2D eigenvalue weighted by Gasteiger charge is -2.22. The Labute approximate surface area is 145 Å². The summed E-state index contributed by atoms with van der Waals surface area (Å²) < 4.78 is 5.14. The molecule has 0 aliphatic carbocycles. The van der Waals surface area contributed by atoms with Gasteiger partial charge in [-0.1, -0.05) is 17.7 Å². The van der Waals surface area contributed by atoms with Crippen LogP contribution in [0.1, 0.15) is 12.1 Å². The first-order valence-electron chi connectivity index (χ1n) is 7.30. The van der Waals surface area contributed by atoms with Crippen molar-refractivity contribution in [3.8, 4) is 11.8 Å². The number of methoxy groups -OCH3 is 1. The number of benzene rings is 1. The molecule has 1 aromatic heterocycles. The fourth-order valence-electron chi connectivity index (χ4n) is 2.05. The van der Waals surface area contributed by atoms with Gasteiger partial charge in [0, 0.05) is 18.8 Å². The predicted octanol–water partition coefficient (Wildman–Crippen LogP) is 3.69. The average Bonchev–Trinajstić information content (AvgIpc) is 2.61. The monoisotopic (exact) mass is 344 g/mol. The maximum Gasteiger partial charge on any atom is 0.322 e. The lowest BCUT2D eigenvalue weighted by Crippen LogP contribution is -2.35. The van der Waals surface area contributed by atoms with Crippen molar-refractivity contribution in [2.75, 3.05) is 19.0 Å². The number of nitrogens with one attached hydrogen (secondary N) is 1. The Hall–Kier alpha value is -2.78. The molecule has 2 amide bonds. The van der Waals surface area contributed by atoms with E-state index in [1.807, 2.05) is 18.2 Å². The summed E-state index contributed by atoms with van der Waals surface area (Å²) in [7, 11) is 1.54. The highest BCUT2D eigenvalue weighted by atomic mass is 35.5. The van der Waals surface area contributed by atoms with Crippen LogP contribution in [0, 0.1) is 11.3 Å². The van der Waals surface area contributed by atoms with E-state index in [4.69, 9.17) is 21.6 Å². The number of amides is 2. The second-order valence-electron chi connectivity index (χ2n) is 4.93. The van der Waals surface area contributed by atoms with E-state index >= 15 is 0 Å². The topological polar surface area (TPSA) is 78.2 Å². The fourth-order valence-corrected chi connectivity index (χ4v) is 2.21. The summed E-state index contributed by atoms with van der Waals surface area (Å²) >= 11 is 6.11. The minimum atomic E-state index is -0.356. The third-order valence-corrected chi connectivity index (χ3v) is 3.60. The SMILES string of the molecule is COc1ccc(Cl)c(NC(=O)N(CCC#N)Cc2ccccn2)c1. The molecule has 0 bridgehead atoms. The Morgan fingerprint density at radius 1 is 1.42 bits per heavy atom. The van der Waals surface area contributed by atoms with E-state index in [1.54, 1.807) is 30.5 Å². The van der Waals surface area contributed by atoms with Gasteiger partial charge >= 0.3 is 6.03 Å². The molecule has 0 atom stereocenters. The van der Waals surface area contributed by atoms with Crippen molar-refractivity contribution >= 4 is 23.3 Å². The number of aromatic nitrogens is 1. The Balaban J connectivity index is 2.14. The van der Waals surface area contributed by atoms with Crippen LogP contribution in [0.25, 0.3) is 0 Å². The van der Waals surface area contributed by atoms with Crippen LogP contribution in [0.3, 0.4) is 0 Å². The number of carbonyl (C=O) groups excluding carboxylic acids is 1. The molecule has 2 aromatic rings. The molecule has 1 N–H and O–H groups in total. The number of urea groups is 1. The van der Waals surface area contributed by atoms with E-state index in [-0.39, 0.29) is 12.5 Å². The van der Waals surface area contributed by atoms with E-state index in [0.29, 0.717) is 29.5 Å². The van der Waals surface area contributed by atoms with Crippen LogP contribution in [-0.4, -0.2) is 29.6 Å². The summed E-state index contributed by atoms with van der Waals surface area (Å²) in [5.74, 6) is 0.586. The van der Waals surface area contributed by atoms with Gasteiger partial charge in [0.1, 0.15) is 5.75 Å². The third kappa shape index (κ3) is 4.86. The van der Waals surface area contributed by atoms with Crippen molar-refractivity contribution in [3.63, 3.8) is 0 Å². The Kier molecular flexibility index (Phi) is 6.41. The molecule has 0 aliphatic heterocycles. The molecular formula is C17H17ClN4O2. The second-order valence-corrected chi connectivity index (χ2v) is 5.33. The Bertz CT molecular complexity index is 731. The largest absolute Gasteiger partial charge is 0.497 e. The molecule has 0 unspecified atom stereocenters. The van der Waals surface area contributed by atoms with Gasteiger partial charge in [-0.15, -0.1) is 0 Å². The predicted molar refractivity (Wildman–Crippen MR) is 91.9 cm³/mol. The molecule has 6 nitrogen and oxygen atoms in total. The van der Waals surface area contributed by atoms with Gasteiger partial charge in [-0.3, -0.25) is 4.98 Å². The number of ether oxygens (including phenoxy) is 1. The maximum absolute atomic E-state index is 12.6. The summed E-state index contributed by atoms with van der Waals surface area (Å²) in [6.07, 6.45) is 1.89. The van der Waals surface area contributed by atoms with Crippen LogP contribution >= 0.6 is 11.6 Å². The van der Waals surface area contributed by atoms with Crippen LogP contribution in [0.2, 0.25) is 5.02 Å². The van der Waals surface area contributed by atoms with Crippen LogP contribution in [0.4, 0.5) is 10.5 Å². The summed E-state index contributed by atoms with van der Waals surface area (Å²) in [6, 6.07) is 12.2. The number of hydrogen-bond donors (Lipinski definition) is 1. The number of carbonyl (C=O) groups is 1. The molecule has 24 heavy (non-hydrogen) atoms. The first-order valence-corrected chi connectivity index (χ1v) is 7.68. The first-order chi connectivity index (χ1) is 11.6. The molecule has 1 heterocycles. The quantitative estimate of drug-likeness (QED) is 0.866. The molecule has 2 rings (SSSR count). The number of rotatable bonds is 6. The summed E-state index contributed by atoms with van der Waals surface area (Å²) in [5, 5.41) is 12.0. The van der Waals surface area contributed by atoms with Gasteiger partial charge in [-0.05, 0) is 24.3 Å². The lowest BCUT2D eigenvalue weighted by atomic mass is 10.3. The minimum Gasteiger partial charge on any atom is -0.497 e. The molecular weight excluding hydrogens is 328 g/mol. The third-order valence-electron chi connectivity index (χ3n) is 3.27. The zero-order valence-electron chi connectivity index (χ0n) is 13.2. The highest BCUT2D eigenvalue weighted by molar-refractivity contribution is 6.33. The summed E-state index contributed by atoms with van der Waals surface area (Å²) in [6.45, 7) is 0.594. The van der Waals surface area contributed by atoms with Crippen LogP contribution in [0.5, 0.6) is 5.75 Å². The highest BCUT2D eigenvalue weighted by Crippen LogP contribution is 2.27. The van der Waals surface area contributed by atoms with Crippen LogP contribution < -0.4 is 10.1 Å². The van der Waals surface area contributed by atoms with Crippen LogP contribution in [-0.2, 0) is 6.54 Å². The van der Waals surface area contributed by atoms with E-state index in [2.05, 4.69) is 10.3 Å². The standard InChI is InChI=1S/C17H17ClN4O2/c1-24-14-6-7-15(18)16(11-14)21-17(23)22(10-4-8-19)12-13-5-2-3-9-20-13/h2-3,5-7,9,11H,4,10,12H2,1H3,(H,21,23). The molecule has 0 saturated carbocycles. The smallest absolute Gasteiger partial charge is 0.322 e. The molecule has 1 aromatic carbocycles. The van der Waals surface area contributed by atoms with Crippen molar-refractivity contribution in [1.82, 2.24) is 9.88 Å². The number of nitriles is 1. The van der Waals surface area contributed by atoms with Gasteiger partial charge in [-0.25, -0.2) is 4.79 Å². The first kappa shape index (κ1) is 17.6. The lowest BCUT2D eigenvalue weighted by molar-refractivity contribution is 0.209. The molecule has 7 heteroatoms. The molecule has 0 spiro atoms. The van der Waals surface area contributed by atoms with E-state index in [1.165, 1.54) is 12.0 Å². The normalized spacial score (nSPS) is 9.88. The van der Waals surface area contributed by atoms with Gasteiger partial charge < -0.3 is 15.0 Å². The van der Waals surface area contributed by atoms with Gasteiger partial charge in [-0.2, -0.15) is 5.26 Å². The maximum atomic E-state index is 12.6. The van der Waals surface area contributed by atoms with E-state index < -0.39 is 0 Å². The number of halogens is 1. The van der Waals surface area contributed by atoms with E-state index in [0.717, 1.165) is 5.69 Å². The Morgan fingerprint density at radius 3 is 2.92 bits per heavy atom. The molecule has 124 valence electrons. The van der Waals surface area contributed by atoms with Crippen LogP contribution in [0.15, 0.2) is 42.6 Å². The van der Waals surface area contributed by atoms with Crippen molar-refractivity contribution in [1.29, 1.82) is 5.26 Å². The van der Waals surface area contributed by atoms with Gasteiger partial charge in [0.05, 0.1) is 42.5 Å². The number of pyridine rings is 1. The zero-order chi connectivity index (χ0) is 17.4. The molecule has 0 saturated heterocycles. The second kappa shape index (κ2) is 8.75. The van der Waals surface area contributed by atoms with Crippen molar-refractivity contribution < 1.29 is 9.53 Å². The van der Waals surface area contributed by atoms with Crippen molar-refractivity contribution in [2.24, 2.45) is 0 Å². The summed E-state index contributed by atoms with van der Waals surface area (Å²) in [4.78, 5) is 18.3. The number of hydrogen-bond acceptors (Lipinski definition) is 4. The minimum absolute atomic E-state index is 0.228. The van der Waals surface area contributed by atoms with Gasteiger partial charge in [0.15, 0.2) is 0 Å². The summed E-state index contributed by atoms with van der Waals surface area (Å²) in [5.41, 5.74) is 1.19. The van der Waals surface area contributed by atoms with Gasteiger partial charge in [0.2, 0.25) is 0 Å². The van der Waals surface area contributed by atoms with Crippen molar-refractivity contribution in [2.45, 2.75) is 13.0 Å². The average molecular weight is 345 g/mol. The highest BCUT2D eigenvalue weighted by Gasteiger charge is 2.16. The number of anilines is 1. The fraction of sp³-hybridized carbons (Fsp3) is 0.235. The molecule has 0 fully saturated rings. The van der Waals surface area contributed by atoms with E-state index in [9.17, 15) is 4.79 Å². The molecule has 0 aliphatic rings. The zero-order valence-corrected chi connectivity index (χ0v) is 14.0. The Morgan fingerprint density at radius 2 is 2.25 bits per heavy atom. The van der Waals surface area contributed by atoms with Gasteiger partial charge in [0.25, 0.3) is 0 Å². The van der Waals surface area contributed by atoms with Crippen molar-refractivity contribution in [3.05, 3.63) is 53.3 Å². The molecule has 0 radical (unpaired) electrons. The number of nitrogens with zero attached hydrogens (tertiary/aromatic N) is 3.